The summed E-state index contributed by atoms with van der Waals surface area (Å²) in [5.74, 6) is 0. The Bertz CT molecular complexity index is 582. The Kier molecular flexibility index (Phi) is 1.75. The van der Waals surface area contributed by atoms with Crippen molar-refractivity contribution < 1.29 is 0 Å². The van der Waals surface area contributed by atoms with E-state index in [1.54, 1.807) is 0 Å². The van der Waals surface area contributed by atoms with Crippen molar-refractivity contribution in [1.29, 1.82) is 0 Å². The first-order valence-corrected chi connectivity index (χ1v) is 5.14. The Morgan fingerprint density at radius 2 is 1.73 bits per heavy atom. The van der Waals surface area contributed by atoms with Gasteiger partial charge in [0.1, 0.15) is 0 Å². The first-order chi connectivity index (χ1) is 7.36. The van der Waals surface area contributed by atoms with Gasteiger partial charge in [0.25, 0.3) is 0 Å². The standard InChI is InChI=1S/C15H11/c1-11-14-8-4-2-6-12(14)10-13-7-3-5-9-15(11)13/h2,4-10H,1H3. The second-order valence-electron chi connectivity index (χ2n) is 3.87. The third-order valence-corrected chi connectivity index (χ3v) is 2.98. The van der Waals surface area contributed by atoms with Gasteiger partial charge in [0.15, 0.2) is 0 Å². The summed E-state index contributed by atoms with van der Waals surface area (Å²) in [6.45, 7) is 2.19. The Morgan fingerprint density at radius 1 is 0.933 bits per heavy atom. The van der Waals surface area contributed by atoms with Crippen LogP contribution in [0.25, 0.3) is 21.5 Å². The molecule has 0 N–H and O–H groups in total. The summed E-state index contributed by atoms with van der Waals surface area (Å²) in [4.78, 5) is 0. The van der Waals surface area contributed by atoms with Gasteiger partial charge in [-0.3, -0.25) is 0 Å². The molecule has 0 saturated heterocycles. The van der Waals surface area contributed by atoms with Crippen LogP contribution in [0.15, 0.2) is 48.5 Å². The van der Waals surface area contributed by atoms with Crippen molar-refractivity contribution >= 4 is 21.5 Å². The fraction of sp³-hybridized carbons (Fsp3) is 0.0667. The summed E-state index contributed by atoms with van der Waals surface area (Å²) in [5.41, 5.74) is 1.36. The molecular weight excluding hydrogens is 180 g/mol. The normalized spacial score (nSPS) is 11.0. The monoisotopic (exact) mass is 191 g/mol. The minimum absolute atomic E-state index is 1.27. The third-order valence-electron chi connectivity index (χ3n) is 2.98. The van der Waals surface area contributed by atoms with E-state index in [0.29, 0.717) is 0 Å². The van der Waals surface area contributed by atoms with Crippen molar-refractivity contribution in [3.63, 3.8) is 0 Å². The van der Waals surface area contributed by atoms with Crippen LogP contribution in [0.5, 0.6) is 0 Å². The zero-order valence-electron chi connectivity index (χ0n) is 8.62. The molecule has 0 heterocycles. The molecule has 3 aromatic rings. The summed E-state index contributed by atoms with van der Waals surface area (Å²) in [7, 11) is 0. The third kappa shape index (κ3) is 1.22. The molecule has 0 heteroatoms. The maximum atomic E-state index is 3.13. The van der Waals surface area contributed by atoms with Crippen molar-refractivity contribution in [3.05, 3.63) is 60.2 Å². The fourth-order valence-electron chi connectivity index (χ4n) is 2.18. The largest absolute Gasteiger partial charge is 0.0616 e. The summed E-state index contributed by atoms with van der Waals surface area (Å²) >= 11 is 0. The van der Waals surface area contributed by atoms with Crippen LogP contribution in [-0.2, 0) is 0 Å². The van der Waals surface area contributed by atoms with Crippen LogP contribution in [0.1, 0.15) is 5.56 Å². The highest BCUT2D eigenvalue weighted by molar-refractivity contribution is 6.01. The van der Waals surface area contributed by atoms with Crippen molar-refractivity contribution in [1.82, 2.24) is 0 Å². The molecule has 1 radical (unpaired) electrons. The van der Waals surface area contributed by atoms with Gasteiger partial charge in [-0.25, -0.2) is 0 Å². The molecular formula is C15H11. The molecule has 0 saturated carbocycles. The van der Waals surface area contributed by atoms with Gasteiger partial charge >= 0.3 is 0 Å². The lowest BCUT2D eigenvalue weighted by Gasteiger charge is -2.06. The fourth-order valence-corrected chi connectivity index (χ4v) is 2.18. The van der Waals surface area contributed by atoms with E-state index in [4.69, 9.17) is 0 Å². The highest BCUT2D eigenvalue weighted by atomic mass is 14.1. The molecule has 0 aliphatic carbocycles. The molecule has 0 unspecified atom stereocenters. The molecule has 0 spiro atoms. The Balaban J connectivity index is 2.60. The van der Waals surface area contributed by atoms with Crippen LogP contribution in [0.3, 0.4) is 0 Å². The molecule has 0 amide bonds. The number of hydrogen-bond donors (Lipinski definition) is 0. The second-order valence-corrected chi connectivity index (χ2v) is 3.87. The molecule has 3 rings (SSSR count). The molecule has 0 aliphatic heterocycles. The Morgan fingerprint density at radius 3 is 2.67 bits per heavy atom. The van der Waals surface area contributed by atoms with E-state index in [1.807, 2.05) is 6.07 Å². The first-order valence-electron chi connectivity index (χ1n) is 5.14. The number of rotatable bonds is 0. The second kappa shape index (κ2) is 3.09. The smallest absolute Gasteiger partial charge is 0.0148 e. The maximum Gasteiger partial charge on any atom is -0.0148 e. The number of aryl methyl sites for hydroxylation is 1. The predicted molar refractivity (Wildman–Crippen MR) is 65.0 cm³/mol. The Labute approximate surface area is 89.2 Å². The minimum atomic E-state index is 1.27. The van der Waals surface area contributed by atoms with E-state index in [2.05, 4.69) is 55.5 Å². The lowest BCUT2D eigenvalue weighted by atomic mass is 9.98. The number of hydrogen-bond acceptors (Lipinski definition) is 0. The van der Waals surface area contributed by atoms with E-state index in [-0.39, 0.29) is 0 Å². The topological polar surface area (TPSA) is 0 Å². The molecule has 15 heavy (non-hydrogen) atoms. The van der Waals surface area contributed by atoms with E-state index in [9.17, 15) is 0 Å². The van der Waals surface area contributed by atoms with Crippen molar-refractivity contribution in [2.45, 2.75) is 6.92 Å². The molecule has 0 nitrogen and oxygen atoms in total. The SMILES string of the molecule is Cc1c2cc[c]cc2cc2ccccc12. The summed E-state index contributed by atoms with van der Waals surface area (Å²) in [6.07, 6.45) is 0. The van der Waals surface area contributed by atoms with Gasteiger partial charge in [0, 0.05) is 0 Å². The van der Waals surface area contributed by atoms with E-state index >= 15 is 0 Å². The highest BCUT2D eigenvalue weighted by Gasteiger charge is 2.01. The van der Waals surface area contributed by atoms with Gasteiger partial charge in [-0.2, -0.15) is 0 Å². The van der Waals surface area contributed by atoms with Crippen LogP contribution >= 0.6 is 0 Å². The molecule has 0 aromatic heterocycles. The van der Waals surface area contributed by atoms with Gasteiger partial charge < -0.3 is 0 Å². The highest BCUT2D eigenvalue weighted by Crippen LogP contribution is 2.27. The minimum Gasteiger partial charge on any atom is -0.0616 e. The van der Waals surface area contributed by atoms with Crippen molar-refractivity contribution in [2.75, 3.05) is 0 Å². The zero-order chi connectivity index (χ0) is 10.3. The van der Waals surface area contributed by atoms with Gasteiger partial charge in [0.2, 0.25) is 0 Å². The van der Waals surface area contributed by atoms with E-state index in [0.717, 1.165) is 0 Å². The quantitative estimate of drug-likeness (QED) is 0.469. The number of benzene rings is 3. The maximum absolute atomic E-state index is 3.13. The van der Waals surface area contributed by atoms with Crippen LogP contribution in [0, 0.1) is 13.0 Å². The van der Waals surface area contributed by atoms with Gasteiger partial charge in [0.05, 0.1) is 0 Å². The summed E-state index contributed by atoms with van der Waals surface area (Å²) in [5, 5.41) is 5.25. The summed E-state index contributed by atoms with van der Waals surface area (Å²) in [6, 6.07) is 20.0. The first kappa shape index (κ1) is 8.49. The zero-order valence-corrected chi connectivity index (χ0v) is 8.62. The number of fused-ring (bicyclic) bond motifs is 2. The predicted octanol–water partition coefficient (Wildman–Crippen LogP) is 4.10. The van der Waals surface area contributed by atoms with Crippen LogP contribution in [0.2, 0.25) is 0 Å². The van der Waals surface area contributed by atoms with Crippen molar-refractivity contribution in [2.24, 2.45) is 0 Å². The van der Waals surface area contributed by atoms with Gasteiger partial charge in [-0.1, -0.05) is 36.4 Å². The van der Waals surface area contributed by atoms with Gasteiger partial charge in [-0.15, -0.1) is 0 Å². The van der Waals surface area contributed by atoms with Crippen LogP contribution < -0.4 is 0 Å². The lowest BCUT2D eigenvalue weighted by Crippen LogP contribution is -1.81. The van der Waals surface area contributed by atoms with Crippen LogP contribution in [0.4, 0.5) is 0 Å². The molecule has 0 fully saturated rings. The summed E-state index contributed by atoms with van der Waals surface area (Å²) < 4.78 is 0. The average Bonchev–Trinajstić information content (AvgIpc) is 2.30. The molecule has 0 atom stereocenters. The lowest BCUT2D eigenvalue weighted by molar-refractivity contribution is 1.58. The Hall–Kier alpha value is -1.82. The van der Waals surface area contributed by atoms with Crippen LogP contribution in [-0.4, -0.2) is 0 Å². The molecule has 0 bridgehead atoms. The average molecular weight is 191 g/mol. The van der Waals surface area contributed by atoms with E-state index < -0.39 is 0 Å². The van der Waals surface area contributed by atoms with Gasteiger partial charge in [-0.05, 0) is 52.2 Å². The van der Waals surface area contributed by atoms with E-state index in [1.165, 1.54) is 27.1 Å². The molecule has 71 valence electrons. The van der Waals surface area contributed by atoms with Crippen molar-refractivity contribution in [3.8, 4) is 0 Å². The molecule has 3 aromatic carbocycles. The molecule has 0 aliphatic rings.